The minimum absolute atomic E-state index is 0.0992. The minimum atomic E-state index is -0.498. The molecule has 0 bridgehead atoms. The standard InChI is InChI=1S/C28H29ClN2O3S/c1-34-25-17-12-21(29)18-24(25)31-28(33)26(19-8-4-2-5-9-19)35-23-15-13-22(14-16-23)30-27(32)20-10-6-3-7-11-20/h2,4-5,8-9,12-18,20,26H,3,6-7,10-11H2,1H3,(H,30,32)(H,31,33). The Kier molecular flexibility index (Phi) is 8.72. The van der Waals surface area contributed by atoms with Crippen molar-refractivity contribution >= 4 is 46.6 Å². The van der Waals surface area contributed by atoms with Gasteiger partial charge < -0.3 is 15.4 Å². The van der Waals surface area contributed by atoms with Crippen LogP contribution in [0.2, 0.25) is 5.02 Å². The van der Waals surface area contributed by atoms with Gasteiger partial charge in [0.25, 0.3) is 0 Å². The monoisotopic (exact) mass is 508 g/mol. The Morgan fingerprint density at radius 2 is 1.66 bits per heavy atom. The van der Waals surface area contributed by atoms with Crippen LogP contribution in [-0.4, -0.2) is 18.9 Å². The Labute approximate surface area is 215 Å². The molecule has 0 aromatic heterocycles. The van der Waals surface area contributed by atoms with E-state index in [1.807, 2.05) is 54.6 Å². The number of anilines is 2. The molecule has 1 saturated carbocycles. The number of hydrogen-bond donors (Lipinski definition) is 2. The molecule has 1 atom stereocenters. The molecule has 3 aromatic carbocycles. The Bertz CT molecular complexity index is 1150. The molecule has 2 amide bonds. The van der Waals surface area contributed by atoms with Gasteiger partial charge in [0.1, 0.15) is 11.0 Å². The Morgan fingerprint density at radius 3 is 2.34 bits per heavy atom. The summed E-state index contributed by atoms with van der Waals surface area (Å²) in [5.41, 5.74) is 2.17. The van der Waals surface area contributed by atoms with Gasteiger partial charge in [-0.15, -0.1) is 11.8 Å². The molecule has 4 rings (SSSR count). The number of halogens is 1. The highest BCUT2D eigenvalue weighted by molar-refractivity contribution is 8.00. The van der Waals surface area contributed by atoms with Crippen LogP contribution in [0, 0.1) is 5.92 Å². The fourth-order valence-electron chi connectivity index (χ4n) is 4.24. The molecule has 7 heteroatoms. The molecule has 0 heterocycles. The summed E-state index contributed by atoms with van der Waals surface area (Å²) in [6, 6.07) is 22.4. The van der Waals surface area contributed by atoms with Gasteiger partial charge in [0.15, 0.2) is 0 Å². The zero-order chi connectivity index (χ0) is 24.6. The highest BCUT2D eigenvalue weighted by Crippen LogP contribution is 2.38. The fourth-order valence-corrected chi connectivity index (χ4v) is 5.44. The number of hydrogen-bond acceptors (Lipinski definition) is 4. The number of thioether (sulfide) groups is 1. The second-order valence-electron chi connectivity index (χ2n) is 8.59. The van der Waals surface area contributed by atoms with E-state index in [0.29, 0.717) is 16.5 Å². The van der Waals surface area contributed by atoms with Crippen LogP contribution in [0.5, 0.6) is 5.75 Å². The van der Waals surface area contributed by atoms with Crippen molar-refractivity contribution in [2.45, 2.75) is 42.2 Å². The first kappa shape index (κ1) is 25.1. The second-order valence-corrected chi connectivity index (χ2v) is 10.2. The number of carbonyl (C=O) groups is 2. The number of methoxy groups -OCH3 is 1. The molecular weight excluding hydrogens is 480 g/mol. The summed E-state index contributed by atoms with van der Waals surface area (Å²) in [5.74, 6) is 0.559. The van der Waals surface area contributed by atoms with Crippen LogP contribution in [-0.2, 0) is 9.59 Å². The highest BCUT2D eigenvalue weighted by atomic mass is 35.5. The van der Waals surface area contributed by atoms with Crippen LogP contribution >= 0.6 is 23.4 Å². The van der Waals surface area contributed by atoms with Crippen molar-refractivity contribution in [2.75, 3.05) is 17.7 Å². The average molecular weight is 509 g/mol. The molecular formula is C28H29ClN2O3S. The largest absolute Gasteiger partial charge is 0.495 e. The van der Waals surface area contributed by atoms with Gasteiger partial charge in [-0.25, -0.2) is 0 Å². The van der Waals surface area contributed by atoms with Gasteiger partial charge in [0, 0.05) is 21.5 Å². The summed E-state index contributed by atoms with van der Waals surface area (Å²) in [6.07, 6.45) is 5.39. The molecule has 1 aliphatic rings. The third-order valence-electron chi connectivity index (χ3n) is 6.11. The summed E-state index contributed by atoms with van der Waals surface area (Å²) in [7, 11) is 1.55. The lowest BCUT2D eigenvalue weighted by Gasteiger charge is -2.21. The smallest absolute Gasteiger partial charge is 0.242 e. The normalized spacial score (nSPS) is 14.7. The number of nitrogens with one attached hydrogen (secondary N) is 2. The Morgan fingerprint density at radius 1 is 0.943 bits per heavy atom. The summed E-state index contributed by atoms with van der Waals surface area (Å²) < 4.78 is 5.38. The fraction of sp³-hybridized carbons (Fsp3) is 0.286. The van der Waals surface area contributed by atoms with E-state index >= 15 is 0 Å². The van der Waals surface area contributed by atoms with Crippen LogP contribution < -0.4 is 15.4 Å². The van der Waals surface area contributed by atoms with Gasteiger partial charge in [-0.1, -0.05) is 61.2 Å². The minimum Gasteiger partial charge on any atom is -0.495 e. The van der Waals surface area contributed by atoms with Crippen molar-refractivity contribution in [1.82, 2.24) is 0 Å². The molecule has 0 spiro atoms. The van der Waals surface area contributed by atoms with Crippen LogP contribution in [0.1, 0.15) is 42.9 Å². The van der Waals surface area contributed by atoms with E-state index < -0.39 is 5.25 Å². The van der Waals surface area contributed by atoms with Gasteiger partial charge in [0.05, 0.1) is 12.8 Å². The molecule has 1 fully saturated rings. The molecule has 0 aliphatic heterocycles. The van der Waals surface area contributed by atoms with E-state index in [-0.39, 0.29) is 17.7 Å². The molecule has 0 radical (unpaired) electrons. The number of ether oxygens (including phenoxy) is 1. The maximum Gasteiger partial charge on any atom is 0.242 e. The summed E-state index contributed by atoms with van der Waals surface area (Å²) in [6.45, 7) is 0. The first-order valence-corrected chi connectivity index (χ1v) is 13.1. The number of rotatable bonds is 8. The summed E-state index contributed by atoms with van der Waals surface area (Å²) in [5, 5.41) is 6.02. The van der Waals surface area contributed by atoms with Gasteiger partial charge in [0.2, 0.25) is 11.8 Å². The first-order valence-electron chi connectivity index (χ1n) is 11.8. The zero-order valence-corrected chi connectivity index (χ0v) is 21.2. The van der Waals surface area contributed by atoms with Gasteiger partial charge >= 0.3 is 0 Å². The average Bonchev–Trinajstić information content (AvgIpc) is 2.89. The van der Waals surface area contributed by atoms with Gasteiger partial charge in [-0.2, -0.15) is 0 Å². The molecule has 2 N–H and O–H groups in total. The molecule has 182 valence electrons. The molecule has 1 unspecified atom stereocenters. The van der Waals surface area contributed by atoms with E-state index in [2.05, 4.69) is 10.6 Å². The van der Waals surface area contributed by atoms with Crippen LogP contribution in [0.3, 0.4) is 0 Å². The lowest BCUT2D eigenvalue weighted by Crippen LogP contribution is -2.24. The van der Waals surface area contributed by atoms with Crippen LogP contribution in [0.4, 0.5) is 11.4 Å². The highest BCUT2D eigenvalue weighted by Gasteiger charge is 2.24. The van der Waals surface area contributed by atoms with Crippen molar-refractivity contribution in [3.63, 3.8) is 0 Å². The second kappa shape index (κ2) is 12.1. The summed E-state index contributed by atoms with van der Waals surface area (Å²) >= 11 is 7.59. The van der Waals surface area contributed by atoms with E-state index in [1.165, 1.54) is 18.2 Å². The maximum absolute atomic E-state index is 13.4. The molecule has 35 heavy (non-hydrogen) atoms. The van der Waals surface area contributed by atoms with E-state index in [4.69, 9.17) is 16.3 Å². The van der Waals surface area contributed by atoms with Crippen LogP contribution in [0.15, 0.2) is 77.7 Å². The predicted octanol–water partition coefficient (Wildman–Crippen LogP) is 7.34. The van der Waals surface area contributed by atoms with E-state index in [9.17, 15) is 9.59 Å². The van der Waals surface area contributed by atoms with Crippen molar-refractivity contribution in [3.8, 4) is 5.75 Å². The van der Waals surface area contributed by atoms with Crippen molar-refractivity contribution in [1.29, 1.82) is 0 Å². The Hall–Kier alpha value is -2.96. The van der Waals surface area contributed by atoms with Gasteiger partial charge in [-0.05, 0) is 60.9 Å². The van der Waals surface area contributed by atoms with E-state index in [0.717, 1.165) is 41.8 Å². The maximum atomic E-state index is 13.4. The van der Waals surface area contributed by atoms with Gasteiger partial charge in [-0.3, -0.25) is 9.59 Å². The predicted molar refractivity (Wildman–Crippen MR) is 143 cm³/mol. The number of carbonyl (C=O) groups excluding carboxylic acids is 2. The first-order chi connectivity index (χ1) is 17.0. The lowest BCUT2D eigenvalue weighted by molar-refractivity contribution is -0.120. The SMILES string of the molecule is COc1ccc(Cl)cc1NC(=O)C(Sc1ccc(NC(=O)C2CCCCC2)cc1)c1ccccc1. The van der Waals surface area contributed by atoms with Crippen molar-refractivity contribution in [2.24, 2.45) is 5.92 Å². The molecule has 1 aliphatic carbocycles. The Balaban J connectivity index is 1.48. The number of benzene rings is 3. The lowest BCUT2D eigenvalue weighted by atomic mass is 9.88. The zero-order valence-electron chi connectivity index (χ0n) is 19.6. The topological polar surface area (TPSA) is 67.4 Å². The van der Waals surface area contributed by atoms with Crippen molar-refractivity contribution in [3.05, 3.63) is 83.4 Å². The molecule has 3 aromatic rings. The third-order valence-corrected chi connectivity index (χ3v) is 7.61. The van der Waals surface area contributed by atoms with Crippen LogP contribution in [0.25, 0.3) is 0 Å². The van der Waals surface area contributed by atoms with E-state index in [1.54, 1.807) is 25.3 Å². The quantitative estimate of drug-likeness (QED) is 0.312. The number of amides is 2. The van der Waals surface area contributed by atoms with Crippen molar-refractivity contribution < 1.29 is 14.3 Å². The molecule has 5 nitrogen and oxygen atoms in total. The molecule has 0 saturated heterocycles. The third kappa shape index (κ3) is 6.80. The summed E-state index contributed by atoms with van der Waals surface area (Å²) in [4.78, 5) is 26.9.